The minimum absolute atomic E-state index is 0.294. The van der Waals surface area contributed by atoms with Crippen LogP contribution in [0.25, 0.3) is 0 Å². The number of piperidine rings is 1. The zero-order chi connectivity index (χ0) is 18.0. The molecule has 1 unspecified atom stereocenters. The fourth-order valence-electron chi connectivity index (χ4n) is 4.52. The van der Waals surface area contributed by atoms with Gasteiger partial charge < -0.3 is 9.64 Å². The number of aromatic nitrogens is 2. The van der Waals surface area contributed by atoms with Gasteiger partial charge in [0.1, 0.15) is 0 Å². The summed E-state index contributed by atoms with van der Waals surface area (Å²) in [5.41, 5.74) is 1.70. The third-order valence-corrected chi connectivity index (χ3v) is 6.62. The summed E-state index contributed by atoms with van der Waals surface area (Å²) in [6.45, 7) is 5.88. The molecule has 7 heteroatoms. The Morgan fingerprint density at radius 3 is 2.73 bits per heavy atom. The Morgan fingerprint density at radius 2 is 2.08 bits per heavy atom. The average Bonchev–Trinajstić information content (AvgIpc) is 3.26. The lowest BCUT2D eigenvalue weighted by atomic mass is 9.71. The van der Waals surface area contributed by atoms with Gasteiger partial charge in [0.25, 0.3) is 0 Å². The highest BCUT2D eigenvalue weighted by atomic mass is 32.1. The quantitative estimate of drug-likeness (QED) is 0.802. The van der Waals surface area contributed by atoms with Crippen LogP contribution in [0, 0.1) is 17.2 Å². The molecule has 2 aromatic heterocycles. The van der Waals surface area contributed by atoms with Crippen molar-refractivity contribution in [2.75, 3.05) is 44.8 Å². The van der Waals surface area contributed by atoms with Crippen LogP contribution in [0.1, 0.15) is 18.4 Å². The van der Waals surface area contributed by atoms with Crippen molar-refractivity contribution in [1.82, 2.24) is 14.9 Å². The number of ether oxygens (including phenoxy) is 1. The molecule has 2 fully saturated rings. The van der Waals surface area contributed by atoms with Crippen LogP contribution in [0.4, 0.5) is 10.3 Å². The highest BCUT2D eigenvalue weighted by Gasteiger charge is 2.48. The predicted octanol–water partition coefficient (Wildman–Crippen LogP) is 3.04. The van der Waals surface area contributed by atoms with Gasteiger partial charge in [0.05, 0.1) is 19.0 Å². The number of thiophene rings is 1. The number of rotatable bonds is 5. The molecule has 5 nitrogen and oxygen atoms in total. The number of hydrogen-bond donors (Lipinski definition) is 0. The van der Waals surface area contributed by atoms with Crippen LogP contribution in [-0.2, 0) is 11.3 Å². The lowest BCUT2D eigenvalue weighted by Gasteiger charge is -2.42. The molecule has 0 radical (unpaired) electrons. The van der Waals surface area contributed by atoms with Crippen LogP contribution in [0.15, 0.2) is 29.2 Å². The van der Waals surface area contributed by atoms with E-state index in [-0.39, 0.29) is 5.82 Å². The molecule has 2 aromatic rings. The Balaban J connectivity index is 1.43. The zero-order valence-corrected chi connectivity index (χ0v) is 15.9. The molecule has 1 atom stereocenters. The van der Waals surface area contributed by atoms with Crippen molar-refractivity contribution in [3.63, 3.8) is 0 Å². The highest BCUT2D eigenvalue weighted by Crippen LogP contribution is 2.45. The molecule has 2 saturated heterocycles. The van der Waals surface area contributed by atoms with Gasteiger partial charge in [0.2, 0.25) is 5.95 Å². The molecule has 1 spiro atoms. The minimum atomic E-state index is -0.387. The number of likely N-dealkylation sites (tertiary alicyclic amines) is 1. The van der Waals surface area contributed by atoms with Gasteiger partial charge in [-0.15, -0.1) is 0 Å². The van der Waals surface area contributed by atoms with Crippen molar-refractivity contribution in [3.05, 3.63) is 40.6 Å². The van der Waals surface area contributed by atoms with Gasteiger partial charge >= 0.3 is 0 Å². The van der Waals surface area contributed by atoms with Gasteiger partial charge in [0.15, 0.2) is 5.82 Å². The summed E-state index contributed by atoms with van der Waals surface area (Å²) in [5, 5.41) is 4.39. The first-order valence-corrected chi connectivity index (χ1v) is 10.1. The smallest absolute Gasteiger partial charge is 0.225 e. The lowest BCUT2D eigenvalue weighted by Crippen LogP contribution is -2.45. The standard InChI is InChI=1S/C19H25FN4OS/c1-25-12-16-11-23(10-15-2-7-26-13-15)14-19(16)3-5-24(6-4-19)18-21-8-17(20)9-22-18/h2,7-9,13,16H,3-6,10-12,14H2,1H3. The molecule has 0 amide bonds. The summed E-state index contributed by atoms with van der Waals surface area (Å²) in [6, 6.07) is 2.22. The highest BCUT2D eigenvalue weighted by molar-refractivity contribution is 7.07. The van der Waals surface area contributed by atoms with Crippen LogP contribution >= 0.6 is 11.3 Å². The van der Waals surface area contributed by atoms with Crippen LogP contribution in [0.2, 0.25) is 0 Å². The molecule has 0 saturated carbocycles. The number of anilines is 1. The summed E-state index contributed by atoms with van der Waals surface area (Å²) < 4.78 is 18.6. The van der Waals surface area contributed by atoms with Gasteiger partial charge in [-0.25, -0.2) is 14.4 Å². The van der Waals surface area contributed by atoms with E-state index in [4.69, 9.17) is 4.74 Å². The van der Waals surface area contributed by atoms with Crippen molar-refractivity contribution in [2.24, 2.45) is 11.3 Å². The summed E-state index contributed by atoms with van der Waals surface area (Å²) in [6.07, 6.45) is 4.70. The van der Waals surface area contributed by atoms with Gasteiger partial charge in [0, 0.05) is 45.8 Å². The van der Waals surface area contributed by atoms with Crippen LogP contribution in [0.5, 0.6) is 0 Å². The SMILES string of the molecule is COCC1CN(Cc2ccsc2)CC12CCN(c1ncc(F)cn1)CC2. The van der Waals surface area contributed by atoms with Gasteiger partial charge in [-0.3, -0.25) is 4.90 Å². The lowest BCUT2D eigenvalue weighted by molar-refractivity contribution is 0.0760. The summed E-state index contributed by atoms with van der Waals surface area (Å²) >= 11 is 1.76. The third kappa shape index (κ3) is 3.61. The fourth-order valence-corrected chi connectivity index (χ4v) is 5.18. The van der Waals surface area contributed by atoms with Crippen molar-refractivity contribution in [3.8, 4) is 0 Å². The van der Waals surface area contributed by atoms with E-state index >= 15 is 0 Å². The minimum Gasteiger partial charge on any atom is -0.384 e. The van der Waals surface area contributed by atoms with Gasteiger partial charge in [-0.1, -0.05) is 0 Å². The van der Waals surface area contributed by atoms with E-state index in [0.29, 0.717) is 17.3 Å². The maximum atomic E-state index is 13.1. The molecule has 0 N–H and O–H groups in total. The monoisotopic (exact) mass is 376 g/mol. The molecule has 4 rings (SSSR count). The number of nitrogens with zero attached hydrogens (tertiary/aromatic N) is 4. The Labute approximate surface area is 157 Å². The first-order chi connectivity index (χ1) is 12.7. The normalized spacial score (nSPS) is 23.0. The van der Waals surface area contributed by atoms with Crippen LogP contribution in [0.3, 0.4) is 0 Å². The summed E-state index contributed by atoms with van der Waals surface area (Å²) in [7, 11) is 1.80. The largest absolute Gasteiger partial charge is 0.384 e. The molecule has 0 aromatic carbocycles. The van der Waals surface area contributed by atoms with Gasteiger partial charge in [-0.05, 0) is 40.6 Å². The third-order valence-electron chi connectivity index (χ3n) is 5.89. The molecular weight excluding hydrogens is 351 g/mol. The van der Waals surface area contributed by atoms with E-state index in [2.05, 4.69) is 36.6 Å². The predicted molar refractivity (Wildman–Crippen MR) is 101 cm³/mol. The first-order valence-electron chi connectivity index (χ1n) is 9.13. The van der Waals surface area contributed by atoms with E-state index in [9.17, 15) is 4.39 Å². The molecule has 140 valence electrons. The molecule has 4 heterocycles. The van der Waals surface area contributed by atoms with E-state index in [1.165, 1.54) is 18.0 Å². The second-order valence-electron chi connectivity index (χ2n) is 7.50. The second-order valence-corrected chi connectivity index (χ2v) is 8.28. The number of methoxy groups -OCH3 is 1. The summed E-state index contributed by atoms with van der Waals surface area (Å²) in [4.78, 5) is 13.0. The van der Waals surface area contributed by atoms with Crippen LogP contribution in [-0.4, -0.2) is 54.8 Å². The van der Waals surface area contributed by atoms with Gasteiger partial charge in [-0.2, -0.15) is 11.3 Å². The molecule has 0 bridgehead atoms. The average molecular weight is 377 g/mol. The molecular formula is C19H25FN4OS. The second kappa shape index (κ2) is 7.58. The maximum absolute atomic E-state index is 13.1. The van der Waals surface area contributed by atoms with Crippen LogP contribution < -0.4 is 4.90 Å². The Morgan fingerprint density at radius 1 is 1.31 bits per heavy atom. The molecule has 0 aliphatic carbocycles. The number of halogens is 1. The Kier molecular flexibility index (Phi) is 5.20. The fraction of sp³-hybridized carbons (Fsp3) is 0.579. The van der Waals surface area contributed by atoms with E-state index in [1.54, 1.807) is 18.4 Å². The maximum Gasteiger partial charge on any atom is 0.225 e. The van der Waals surface area contributed by atoms with Crippen molar-refractivity contribution >= 4 is 17.3 Å². The van der Waals surface area contributed by atoms with E-state index < -0.39 is 0 Å². The summed E-state index contributed by atoms with van der Waals surface area (Å²) in [5.74, 6) is 0.808. The molecule has 2 aliphatic rings. The first kappa shape index (κ1) is 17.8. The van der Waals surface area contributed by atoms with Crippen molar-refractivity contribution < 1.29 is 9.13 Å². The topological polar surface area (TPSA) is 41.5 Å². The zero-order valence-electron chi connectivity index (χ0n) is 15.1. The van der Waals surface area contributed by atoms with Crippen molar-refractivity contribution in [2.45, 2.75) is 19.4 Å². The Hall–Kier alpha value is -1.57. The number of hydrogen-bond acceptors (Lipinski definition) is 6. The van der Waals surface area contributed by atoms with E-state index in [1.807, 2.05) is 0 Å². The van der Waals surface area contributed by atoms with Crippen molar-refractivity contribution in [1.29, 1.82) is 0 Å². The van der Waals surface area contributed by atoms with E-state index in [0.717, 1.165) is 52.2 Å². The Bertz CT molecular complexity index is 701. The molecule has 26 heavy (non-hydrogen) atoms. The molecule has 2 aliphatic heterocycles.